The highest BCUT2D eigenvalue weighted by Gasteiger charge is 2.26. The normalized spacial score (nSPS) is 16.1. The van der Waals surface area contributed by atoms with Crippen LogP contribution in [0.5, 0.6) is 0 Å². The minimum Gasteiger partial charge on any atom is -0.356 e. The molecule has 1 aliphatic rings. The largest absolute Gasteiger partial charge is 0.356 e. The van der Waals surface area contributed by atoms with E-state index in [0.717, 1.165) is 48.7 Å². The molecule has 1 atom stereocenters. The van der Waals surface area contributed by atoms with Gasteiger partial charge in [0.25, 0.3) is 5.56 Å². The number of carbonyl (C=O) groups is 1. The standard InChI is InChI=1S/C23H30N8O2/c1-4-19-11-22(32)30(15-27-19)9-7-24-23(33)18-6-5-8-29(13-18)20-12-21(26-14-25-20)31-17(3)10-16(2)28-31/h10-12,14-15,18H,4-9,13H2,1-3H3,(H,24,33). The number of nitrogens with one attached hydrogen (secondary N) is 1. The van der Waals surface area contributed by atoms with Crippen molar-refractivity contribution in [3.05, 3.63) is 58.3 Å². The summed E-state index contributed by atoms with van der Waals surface area (Å²) in [7, 11) is 0. The number of aromatic nitrogens is 6. The van der Waals surface area contributed by atoms with E-state index in [2.05, 4.69) is 30.3 Å². The van der Waals surface area contributed by atoms with Crippen LogP contribution in [0.3, 0.4) is 0 Å². The van der Waals surface area contributed by atoms with Crippen molar-refractivity contribution in [2.24, 2.45) is 5.92 Å². The van der Waals surface area contributed by atoms with E-state index in [1.54, 1.807) is 23.4 Å². The molecule has 1 aliphatic heterocycles. The molecule has 4 rings (SSSR count). The lowest BCUT2D eigenvalue weighted by atomic mass is 9.97. The van der Waals surface area contributed by atoms with Crippen LogP contribution in [0, 0.1) is 19.8 Å². The van der Waals surface area contributed by atoms with E-state index in [1.807, 2.05) is 32.9 Å². The van der Waals surface area contributed by atoms with Gasteiger partial charge in [0.05, 0.1) is 17.9 Å². The summed E-state index contributed by atoms with van der Waals surface area (Å²) in [4.78, 5) is 40.1. The zero-order chi connectivity index (χ0) is 23.4. The van der Waals surface area contributed by atoms with Crippen molar-refractivity contribution in [1.82, 2.24) is 34.6 Å². The zero-order valence-electron chi connectivity index (χ0n) is 19.4. The molecule has 0 bridgehead atoms. The lowest BCUT2D eigenvalue weighted by Crippen LogP contribution is -2.44. The van der Waals surface area contributed by atoms with Gasteiger partial charge in [0.15, 0.2) is 5.82 Å². The van der Waals surface area contributed by atoms with E-state index in [4.69, 9.17) is 0 Å². The Morgan fingerprint density at radius 2 is 1.97 bits per heavy atom. The van der Waals surface area contributed by atoms with Crippen molar-refractivity contribution in [2.75, 3.05) is 24.5 Å². The average molecular weight is 451 g/mol. The first-order valence-corrected chi connectivity index (χ1v) is 11.4. The van der Waals surface area contributed by atoms with E-state index < -0.39 is 0 Å². The Labute approximate surface area is 192 Å². The quantitative estimate of drug-likeness (QED) is 0.580. The third kappa shape index (κ3) is 5.27. The van der Waals surface area contributed by atoms with Crippen molar-refractivity contribution in [2.45, 2.75) is 46.6 Å². The highest BCUT2D eigenvalue weighted by Crippen LogP contribution is 2.23. The molecule has 10 heteroatoms. The lowest BCUT2D eigenvalue weighted by Gasteiger charge is -2.33. The summed E-state index contributed by atoms with van der Waals surface area (Å²) < 4.78 is 3.33. The van der Waals surface area contributed by atoms with Crippen LogP contribution >= 0.6 is 0 Å². The van der Waals surface area contributed by atoms with Crippen molar-refractivity contribution >= 4 is 11.7 Å². The molecule has 33 heavy (non-hydrogen) atoms. The summed E-state index contributed by atoms with van der Waals surface area (Å²) in [6.45, 7) is 8.11. The van der Waals surface area contributed by atoms with Gasteiger partial charge in [0, 0.05) is 49.7 Å². The molecule has 4 heterocycles. The maximum absolute atomic E-state index is 12.8. The van der Waals surface area contributed by atoms with E-state index in [1.165, 1.54) is 4.57 Å². The maximum atomic E-state index is 12.8. The zero-order valence-corrected chi connectivity index (χ0v) is 19.4. The molecular formula is C23H30N8O2. The third-order valence-electron chi connectivity index (χ3n) is 5.93. The van der Waals surface area contributed by atoms with Gasteiger partial charge in [-0.3, -0.25) is 14.2 Å². The molecule has 0 saturated carbocycles. The van der Waals surface area contributed by atoms with Gasteiger partial charge >= 0.3 is 0 Å². The number of nitrogens with zero attached hydrogens (tertiary/aromatic N) is 7. The molecule has 1 N–H and O–H groups in total. The van der Waals surface area contributed by atoms with Crippen LogP contribution < -0.4 is 15.8 Å². The van der Waals surface area contributed by atoms with Crippen molar-refractivity contribution < 1.29 is 4.79 Å². The summed E-state index contributed by atoms with van der Waals surface area (Å²) in [5, 5.41) is 7.48. The van der Waals surface area contributed by atoms with Gasteiger partial charge in [-0.25, -0.2) is 19.6 Å². The van der Waals surface area contributed by atoms with E-state index in [-0.39, 0.29) is 17.4 Å². The minimum atomic E-state index is -0.136. The van der Waals surface area contributed by atoms with Gasteiger partial charge in [0.1, 0.15) is 12.1 Å². The first-order valence-electron chi connectivity index (χ1n) is 11.4. The predicted octanol–water partition coefficient (Wildman–Crippen LogP) is 1.43. The second-order valence-electron chi connectivity index (χ2n) is 8.41. The highest BCUT2D eigenvalue weighted by molar-refractivity contribution is 5.79. The molecule has 3 aromatic heterocycles. The SMILES string of the molecule is CCc1cc(=O)n(CCNC(=O)C2CCCN(c3cc(-n4nc(C)cc4C)ncn3)C2)cn1. The Balaban J connectivity index is 1.36. The number of rotatable bonds is 7. The summed E-state index contributed by atoms with van der Waals surface area (Å²) in [6, 6.07) is 5.47. The first kappa shape index (κ1) is 22.6. The molecule has 3 aromatic rings. The van der Waals surface area contributed by atoms with Crippen LogP contribution in [0.4, 0.5) is 5.82 Å². The van der Waals surface area contributed by atoms with Crippen LogP contribution in [-0.4, -0.2) is 54.8 Å². The average Bonchev–Trinajstić information content (AvgIpc) is 3.18. The van der Waals surface area contributed by atoms with Gasteiger partial charge in [-0.15, -0.1) is 0 Å². The number of hydrogen-bond acceptors (Lipinski definition) is 7. The van der Waals surface area contributed by atoms with Gasteiger partial charge < -0.3 is 10.2 Å². The molecule has 0 aromatic carbocycles. The fourth-order valence-electron chi connectivity index (χ4n) is 4.15. The Bertz CT molecular complexity index is 1190. The van der Waals surface area contributed by atoms with Crippen molar-refractivity contribution in [1.29, 1.82) is 0 Å². The van der Waals surface area contributed by atoms with Crippen LogP contribution in [0.1, 0.15) is 36.8 Å². The number of aryl methyl sites for hydroxylation is 3. The Kier molecular flexibility index (Phi) is 6.81. The van der Waals surface area contributed by atoms with E-state index in [9.17, 15) is 9.59 Å². The minimum absolute atomic E-state index is 0.00119. The first-order chi connectivity index (χ1) is 15.9. The fourth-order valence-corrected chi connectivity index (χ4v) is 4.15. The molecule has 0 radical (unpaired) electrons. The summed E-state index contributed by atoms with van der Waals surface area (Å²) >= 11 is 0. The summed E-state index contributed by atoms with van der Waals surface area (Å²) in [5.41, 5.74) is 2.61. The lowest BCUT2D eigenvalue weighted by molar-refractivity contribution is -0.125. The summed E-state index contributed by atoms with van der Waals surface area (Å²) in [6.07, 6.45) is 5.54. The number of carbonyl (C=O) groups excluding carboxylic acids is 1. The fraction of sp³-hybridized carbons (Fsp3) is 0.478. The molecule has 1 fully saturated rings. The second-order valence-corrected chi connectivity index (χ2v) is 8.41. The Morgan fingerprint density at radius 1 is 1.15 bits per heavy atom. The van der Waals surface area contributed by atoms with Gasteiger partial charge in [0.2, 0.25) is 5.91 Å². The topological polar surface area (TPSA) is 111 Å². The molecule has 1 saturated heterocycles. The monoisotopic (exact) mass is 450 g/mol. The number of hydrogen-bond donors (Lipinski definition) is 1. The number of anilines is 1. The predicted molar refractivity (Wildman–Crippen MR) is 124 cm³/mol. The van der Waals surface area contributed by atoms with E-state index in [0.29, 0.717) is 25.5 Å². The molecule has 174 valence electrons. The van der Waals surface area contributed by atoms with Gasteiger partial charge in [-0.05, 0) is 39.2 Å². The molecular weight excluding hydrogens is 420 g/mol. The molecule has 10 nitrogen and oxygen atoms in total. The van der Waals surface area contributed by atoms with Gasteiger partial charge in [-0.2, -0.15) is 5.10 Å². The smallest absolute Gasteiger partial charge is 0.253 e. The van der Waals surface area contributed by atoms with Gasteiger partial charge in [-0.1, -0.05) is 6.92 Å². The Morgan fingerprint density at radius 3 is 2.70 bits per heavy atom. The van der Waals surface area contributed by atoms with Crippen LogP contribution in [0.2, 0.25) is 0 Å². The van der Waals surface area contributed by atoms with Crippen LogP contribution in [-0.2, 0) is 17.8 Å². The molecule has 1 amide bonds. The van der Waals surface area contributed by atoms with Crippen molar-refractivity contribution in [3.8, 4) is 5.82 Å². The Hall–Kier alpha value is -3.56. The van der Waals surface area contributed by atoms with E-state index >= 15 is 0 Å². The van der Waals surface area contributed by atoms with Crippen LogP contribution in [0.25, 0.3) is 5.82 Å². The summed E-state index contributed by atoms with van der Waals surface area (Å²) in [5.74, 6) is 1.37. The maximum Gasteiger partial charge on any atom is 0.253 e. The number of amides is 1. The highest BCUT2D eigenvalue weighted by atomic mass is 16.2. The molecule has 1 unspecified atom stereocenters. The molecule has 0 spiro atoms. The van der Waals surface area contributed by atoms with Crippen molar-refractivity contribution in [3.63, 3.8) is 0 Å². The second kappa shape index (κ2) is 9.93. The molecule has 0 aliphatic carbocycles. The number of piperidine rings is 1. The van der Waals surface area contributed by atoms with Crippen LogP contribution in [0.15, 0.2) is 35.6 Å². The third-order valence-corrected chi connectivity index (χ3v) is 5.93.